The molecule has 0 aliphatic heterocycles. The summed E-state index contributed by atoms with van der Waals surface area (Å²) < 4.78 is 4.97. The second kappa shape index (κ2) is 8.06. The van der Waals surface area contributed by atoms with E-state index >= 15 is 0 Å². The number of ether oxygens (including phenoxy) is 1. The van der Waals surface area contributed by atoms with E-state index in [-0.39, 0.29) is 12.2 Å². The van der Waals surface area contributed by atoms with Gasteiger partial charge in [0.2, 0.25) is 0 Å². The fourth-order valence-corrected chi connectivity index (χ4v) is 2.08. The molecule has 1 amide bonds. The molecule has 5 nitrogen and oxygen atoms in total. The second-order valence-electron chi connectivity index (χ2n) is 5.64. The quantitative estimate of drug-likeness (QED) is 0.652. The van der Waals surface area contributed by atoms with Gasteiger partial charge in [0.05, 0.1) is 5.56 Å². The number of anilines is 1. The van der Waals surface area contributed by atoms with Gasteiger partial charge < -0.3 is 10.1 Å². The Morgan fingerprint density at radius 3 is 2.46 bits per heavy atom. The van der Waals surface area contributed by atoms with Crippen molar-refractivity contribution in [3.8, 4) is 0 Å². The zero-order valence-corrected chi connectivity index (χ0v) is 13.6. The molecular formula is C19H19NO4. The van der Waals surface area contributed by atoms with Crippen molar-refractivity contribution in [2.45, 2.75) is 19.8 Å². The van der Waals surface area contributed by atoms with Crippen molar-refractivity contribution < 1.29 is 19.1 Å². The zero-order chi connectivity index (χ0) is 17.5. The van der Waals surface area contributed by atoms with E-state index in [1.807, 2.05) is 18.2 Å². The van der Waals surface area contributed by atoms with Crippen LogP contribution in [0.4, 0.5) is 5.69 Å². The minimum Gasteiger partial charge on any atom is -0.452 e. The number of carbonyl (C=O) groups is 3. The summed E-state index contributed by atoms with van der Waals surface area (Å²) in [5.41, 5.74) is 2.53. The molecule has 0 saturated carbocycles. The van der Waals surface area contributed by atoms with E-state index in [0.717, 1.165) is 5.56 Å². The highest BCUT2D eigenvalue weighted by Crippen LogP contribution is 2.18. The Morgan fingerprint density at radius 2 is 1.83 bits per heavy atom. The molecule has 24 heavy (non-hydrogen) atoms. The molecule has 124 valence electrons. The van der Waals surface area contributed by atoms with Crippen LogP contribution < -0.4 is 5.32 Å². The van der Waals surface area contributed by atoms with Crippen LogP contribution in [-0.4, -0.2) is 24.8 Å². The van der Waals surface area contributed by atoms with Gasteiger partial charge in [0.1, 0.15) is 6.29 Å². The van der Waals surface area contributed by atoms with Gasteiger partial charge in [-0.1, -0.05) is 38.1 Å². The molecule has 0 spiro atoms. The second-order valence-corrected chi connectivity index (χ2v) is 5.64. The first-order valence-corrected chi connectivity index (χ1v) is 7.62. The molecule has 2 aromatic rings. The summed E-state index contributed by atoms with van der Waals surface area (Å²) in [6.07, 6.45) is 0.688. The maximum absolute atomic E-state index is 11.9. The lowest BCUT2D eigenvalue weighted by Crippen LogP contribution is -2.21. The van der Waals surface area contributed by atoms with E-state index in [4.69, 9.17) is 4.74 Å². The number of aldehydes is 1. The first kappa shape index (κ1) is 17.4. The van der Waals surface area contributed by atoms with Crippen LogP contribution in [0.15, 0.2) is 48.5 Å². The normalized spacial score (nSPS) is 10.3. The lowest BCUT2D eigenvalue weighted by molar-refractivity contribution is -0.119. The van der Waals surface area contributed by atoms with Gasteiger partial charge in [-0.15, -0.1) is 0 Å². The molecule has 1 N–H and O–H groups in total. The Balaban J connectivity index is 1.89. The topological polar surface area (TPSA) is 72.5 Å². The smallest absolute Gasteiger partial charge is 0.338 e. The number of benzene rings is 2. The van der Waals surface area contributed by atoms with Crippen LogP contribution in [0.2, 0.25) is 0 Å². The summed E-state index contributed by atoms with van der Waals surface area (Å²) >= 11 is 0. The van der Waals surface area contributed by atoms with E-state index in [0.29, 0.717) is 23.5 Å². The number of esters is 1. The molecule has 2 rings (SSSR count). The number of carbonyl (C=O) groups excluding carboxylic acids is 3. The van der Waals surface area contributed by atoms with Gasteiger partial charge in [-0.3, -0.25) is 9.59 Å². The van der Waals surface area contributed by atoms with Gasteiger partial charge >= 0.3 is 5.97 Å². The third-order valence-electron chi connectivity index (χ3n) is 3.45. The molecule has 0 aliphatic rings. The highest BCUT2D eigenvalue weighted by atomic mass is 16.5. The van der Waals surface area contributed by atoms with E-state index in [1.54, 1.807) is 6.07 Å². The van der Waals surface area contributed by atoms with Gasteiger partial charge in [-0.25, -0.2) is 4.79 Å². The minimum absolute atomic E-state index is 0.287. The van der Waals surface area contributed by atoms with Crippen LogP contribution >= 0.6 is 0 Å². The van der Waals surface area contributed by atoms with Crippen LogP contribution in [-0.2, 0) is 9.53 Å². The van der Waals surface area contributed by atoms with Crippen molar-refractivity contribution >= 4 is 23.9 Å². The molecule has 0 radical (unpaired) electrons. The summed E-state index contributed by atoms with van der Waals surface area (Å²) in [6, 6.07) is 13.5. The summed E-state index contributed by atoms with van der Waals surface area (Å²) in [5, 5.41) is 2.70. The van der Waals surface area contributed by atoms with Gasteiger partial charge in [-0.2, -0.15) is 0 Å². The summed E-state index contributed by atoms with van der Waals surface area (Å²) in [4.78, 5) is 34.3. The monoisotopic (exact) mass is 325 g/mol. The predicted octanol–water partition coefficient (Wildman–Crippen LogP) is 3.42. The van der Waals surface area contributed by atoms with E-state index < -0.39 is 11.9 Å². The van der Waals surface area contributed by atoms with Crippen molar-refractivity contribution in [3.63, 3.8) is 0 Å². The molecule has 0 aliphatic carbocycles. The minimum atomic E-state index is -0.612. The largest absolute Gasteiger partial charge is 0.452 e. The first-order chi connectivity index (χ1) is 11.5. The third kappa shape index (κ3) is 4.78. The van der Waals surface area contributed by atoms with Crippen molar-refractivity contribution in [1.82, 2.24) is 0 Å². The maximum Gasteiger partial charge on any atom is 0.338 e. The molecule has 0 bridgehead atoms. The molecule has 0 heterocycles. The summed E-state index contributed by atoms with van der Waals surface area (Å²) in [5.74, 6) is -0.665. The fraction of sp³-hybridized carbons (Fsp3) is 0.211. The van der Waals surface area contributed by atoms with E-state index in [9.17, 15) is 14.4 Å². The maximum atomic E-state index is 11.9. The summed E-state index contributed by atoms with van der Waals surface area (Å²) in [6.45, 7) is 3.76. The number of hydrogen-bond acceptors (Lipinski definition) is 4. The number of amides is 1. The number of nitrogens with one attached hydrogen (secondary N) is 1. The van der Waals surface area contributed by atoms with Crippen LogP contribution in [0, 0.1) is 0 Å². The average Bonchev–Trinajstić information content (AvgIpc) is 2.60. The average molecular weight is 325 g/mol. The fourth-order valence-electron chi connectivity index (χ4n) is 2.08. The molecule has 0 fully saturated rings. The van der Waals surface area contributed by atoms with Gasteiger partial charge in [0.25, 0.3) is 5.91 Å². The Labute approximate surface area is 140 Å². The highest BCUT2D eigenvalue weighted by molar-refractivity contribution is 5.95. The van der Waals surface area contributed by atoms with Gasteiger partial charge in [0.15, 0.2) is 6.61 Å². The van der Waals surface area contributed by atoms with Crippen molar-refractivity contribution in [2.75, 3.05) is 11.9 Å². The molecule has 2 aromatic carbocycles. The number of rotatable bonds is 6. The zero-order valence-electron chi connectivity index (χ0n) is 13.6. The summed E-state index contributed by atoms with van der Waals surface area (Å²) in [7, 11) is 0. The SMILES string of the molecule is CC(C)c1cccc(NC(=O)COC(=O)c2ccc(C=O)cc2)c1. The van der Waals surface area contributed by atoms with Crippen molar-refractivity contribution in [1.29, 1.82) is 0 Å². The Hall–Kier alpha value is -2.95. The predicted molar refractivity (Wildman–Crippen MR) is 91.3 cm³/mol. The Morgan fingerprint density at radius 1 is 1.12 bits per heavy atom. The molecular weight excluding hydrogens is 306 g/mol. The molecule has 0 saturated heterocycles. The van der Waals surface area contributed by atoms with Crippen molar-refractivity contribution in [3.05, 3.63) is 65.2 Å². The highest BCUT2D eigenvalue weighted by Gasteiger charge is 2.11. The first-order valence-electron chi connectivity index (χ1n) is 7.62. The Bertz CT molecular complexity index is 735. The van der Waals surface area contributed by atoms with Gasteiger partial charge in [-0.05, 0) is 35.7 Å². The standard InChI is InChI=1S/C19H19NO4/c1-13(2)16-4-3-5-17(10-16)20-18(22)12-24-19(23)15-8-6-14(11-21)7-9-15/h3-11,13H,12H2,1-2H3,(H,20,22). The molecule has 0 unspecified atom stereocenters. The lowest BCUT2D eigenvalue weighted by Gasteiger charge is -2.10. The van der Waals surface area contributed by atoms with Crippen LogP contribution in [0.5, 0.6) is 0 Å². The molecule has 0 atom stereocenters. The van der Waals surface area contributed by atoms with Gasteiger partial charge in [0, 0.05) is 11.3 Å². The Kier molecular flexibility index (Phi) is 5.84. The van der Waals surface area contributed by atoms with Crippen LogP contribution in [0.25, 0.3) is 0 Å². The molecule has 5 heteroatoms. The molecule has 0 aromatic heterocycles. The lowest BCUT2D eigenvalue weighted by atomic mass is 10.0. The van der Waals surface area contributed by atoms with Crippen LogP contribution in [0.3, 0.4) is 0 Å². The van der Waals surface area contributed by atoms with Crippen LogP contribution in [0.1, 0.15) is 46.0 Å². The number of hydrogen-bond donors (Lipinski definition) is 1. The van der Waals surface area contributed by atoms with Crippen molar-refractivity contribution in [2.24, 2.45) is 0 Å². The van der Waals surface area contributed by atoms with E-state index in [2.05, 4.69) is 19.2 Å². The third-order valence-corrected chi connectivity index (χ3v) is 3.45. The van der Waals surface area contributed by atoms with E-state index in [1.165, 1.54) is 24.3 Å².